The highest BCUT2D eigenvalue weighted by Gasteiger charge is 2.19. The number of halogens is 1. The standard InChI is InChI=1S/C22H20ClN5O2S/c1-15-9-10-19(30-2)18(13-15)24-20(29)14-31-22-26-25-21(16-7-3-4-8-17(16)23)28(22)27-11-5-6-12-27/h3-13H,14H2,1-2H3,(H,24,29). The van der Waals surface area contributed by atoms with Crippen molar-refractivity contribution < 1.29 is 9.53 Å². The fourth-order valence-corrected chi connectivity index (χ4v) is 4.02. The number of hydrogen-bond acceptors (Lipinski definition) is 5. The number of rotatable bonds is 7. The van der Waals surface area contributed by atoms with E-state index in [0.29, 0.717) is 27.4 Å². The van der Waals surface area contributed by atoms with Gasteiger partial charge in [-0.2, -0.15) is 0 Å². The normalized spacial score (nSPS) is 10.8. The van der Waals surface area contributed by atoms with Crippen LogP contribution >= 0.6 is 23.4 Å². The topological polar surface area (TPSA) is 74.0 Å². The van der Waals surface area contributed by atoms with Gasteiger partial charge in [0.1, 0.15) is 5.75 Å². The van der Waals surface area contributed by atoms with Crippen LogP contribution in [-0.4, -0.2) is 38.3 Å². The number of nitrogens with zero attached hydrogens (tertiary/aromatic N) is 4. The number of anilines is 1. The number of benzene rings is 2. The molecule has 2 heterocycles. The molecule has 2 aromatic carbocycles. The molecule has 1 amide bonds. The molecule has 31 heavy (non-hydrogen) atoms. The van der Waals surface area contributed by atoms with Crippen molar-refractivity contribution in [1.29, 1.82) is 0 Å². The molecule has 0 radical (unpaired) electrons. The van der Waals surface area contributed by atoms with Crippen molar-refractivity contribution in [3.05, 3.63) is 77.6 Å². The van der Waals surface area contributed by atoms with Gasteiger partial charge in [0.15, 0.2) is 5.82 Å². The van der Waals surface area contributed by atoms with Crippen LogP contribution in [0.15, 0.2) is 72.1 Å². The molecule has 2 aromatic heterocycles. The fraction of sp³-hybridized carbons (Fsp3) is 0.136. The number of carbonyl (C=O) groups excluding carboxylic acids is 1. The zero-order valence-corrected chi connectivity index (χ0v) is 18.5. The van der Waals surface area contributed by atoms with Crippen LogP contribution in [0.2, 0.25) is 5.02 Å². The van der Waals surface area contributed by atoms with Crippen LogP contribution in [0, 0.1) is 6.92 Å². The second kappa shape index (κ2) is 9.28. The third-order valence-corrected chi connectivity index (χ3v) is 5.76. The van der Waals surface area contributed by atoms with Gasteiger partial charge in [-0.15, -0.1) is 10.2 Å². The minimum Gasteiger partial charge on any atom is -0.495 e. The van der Waals surface area contributed by atoms with Crippen LogP contribution in [0.1, 0.15) is 5.56 Å². The van der Waals surface area contributed by atoms with Crippen molar-refractivity contribution >= 4 is 35.0 Å². The van der Waals surface area contributed by atoms with Gasteiger partial charge < -0.3 is 10.1 Å². The van der Waals surface area contributed by atoms with Crippen molar-refractivity contribution in [3.8, 4) is 17.1 Å². The summed E-state index contributed by atoms with van der Waals surface area (Å²) in [6.45, 7) is 1.96. The number of thioether (sulfide) groups is 1. The minimum absolute atomic E-state index is 0.152. The van der Waals surface area contributed by atoms with Gasteiger partial charge in [-0.1, -0.05) is 41.6 Å². The number of aryl methyl sites for hydroxylation is 1. The molecule has 7 nitrogen and oxygen atoms in total. The molecule has 0 aliphatic carbocycles. The molecule has 9 heteroatoms. The summed E-state index contributed by atoms with van der Waals surface area (Å²) >= 11 is 7.67. The van der Waals surface area contributed by atoms with E-state index in [1.54, 1.807) is 13.2 Å². The molecule has 0 spiro atoms. The van der Waals surface area contributed by atoms with Gasteiger partial charge in [-0.25, -0.2) is 4.68 Å². The molecule has 0 fully saturated rings. The van der Waals surface area contributed by atoms with E-state index >= 15 is 0 Å². The molecule has 1 N–H and O–H groups in total. The maximum Gasteiger partial charge on any atom is 0.234 e. The molecule has 0 atom stereocenters. The van der Waals surface area contributed by atoms with Crippen LogP contribution in [0.25, 0.3) is 11.4 Å². The third-order valence-electron chi connectivity index (χ3n) is 4.51. The summed E-state index contributed by atoms with van der Waals surface area (Å²) in [5.74, 6) is 1.18. The Bertz CT molecular complexity index is 1210. The van der Waals surface area contributed by atoms with Gasteiger partial charge in [0.25, 0.3) is 0 Å². The summed E-state index contributed by atoms with van der Waals surface area (Å²) in [6.07, 6.45) is 3.76. The first-order valence-electron chi connectivity index (χ1n) is 9.48. The Hall–Kier alpha value is -3.23. The lowest BCUT2D eigenvalue weighted by Crippen LogP contribution is -2.16. The Balaban J connectivity index is 1.58. The van der Waals surface area contributed by atoms with E-state index in [1.807, 2.05) is 77.2 Å². The summed E-state index contributed by atoms with van der Waals surface area (Å²) in [4.78, 5) is 12.6. The van der Waals surface area contributed by atoms with E-state index in [1.165, 1.54) is 11.8 Å². The SMILES string of the molecule is COc1ccc(C)cc1NC(=O)CSc1nnc(-c2ccccc2Cl)n1-n1cccc1. The Kier molecular flexibility index (Phi) is 6.29. The van der Waals surface area contributed by atoms with E-state index in [9.17, 15) is 4.79 Å². The van der Waals surface area contributed by atoms with Gasteiger partial charge in [0.05, 0.1) is 23.6 Å². The van der Waals surface area contributed by atoms with Crippen LogP contribution < -0.4 is 10.1 Å². The summed E-state index contributed by atoms with van der Waals surface area (Å²) in [6, 6.07) is 16.9. The van der Waals surface area contributed by atoms with Crippen LogP contribution in [0.3, 0.4) is 0 Å². The number of methoxy groups -OCH3 is 1. The van der Waals surface area contributed by atoms with E-state index in [4.69, 9.17) is 16.3 Å². The van der Waals surface area contributed by atoms with Crippen molar-refractivity contribution in [2.45, 2.75) is 12.1 Å². The summed E-state index contributed by atoms with van der Waals surface area (Å²) in [7, 11) is 1.57. The second-order valence-corrected chi connectivity index (χ2v) is 8.05. The number of hydrogen-bond donors (Lipinski definition) is 1. The first-order chi connectivity index (χ1) is 15.1. The van der Waals surface area contributed by atoms with Gasteiger partial charge in [-0.3, -0.25) is 9.47 Å². The number of nitrogens with one attached hydrogen (secondary N) is 1. The van der Waals surface area contributed by atoms with Crippen molar-refractivity contribution in [2.24, 2.45) is 0 Å². The van der Waals surface area contributed by atoms with Gasteiger partial charge >= 0.3 is 0 Å². The van der Waals surface area contributed by atoms with E-state index < -0.39 is 0 Å². The highest BCUT2D eigenvalue weighted by molar-refractivity contribution is 7.99. The van der Waals surface area contributed by atoms with Crippen LogP contribution in [0.4, 0.5) is 5.69 Å². The monoisotopic (exact) mass is 453 g/mol. The predicted molar refractivity (Wildman–Crippen MR) is 123 cm³/mol. The summed E-state index contributed by atoms with van der Waals surface area (Å²) in [5, 5.41) is 12.7. The van der Waals surface area contributed by atoms with E-state index in [2.05, 4.69) is 15.5 Å². The maximum absolute atomic E-state index is 12.6. The third kappa shape index (κ3) is 4.60. The minimum atomic E-state index is -0.171. The highest BCUT2D eigenvalue weighted by atomic mass is 35.5. The lowest BCUT2D eigenvalue weighted by Gasteiger charge is -2.13. The molecule has 4 aromatic rings. The maximum atomic E-state index is 12.6. The average molecular weight is 454 g/mol. The number of carbonyl (C=O) groups is 1. The van der Waals surface area contributed by atoms with Crippen LogP contribution in [0.5, 0.6) is 5.75 Å². The molecule has 0 saturated carbocycles. The zero-order valence-electron chi connectivity index (χ0n) is 16.9. The molecule has 0 bridgehead atoms. The lowest BCUT2D eigenvalue weighted by atomic mass is 10.2. The number of ether oxygens (including phenoxy) is 1. The largest absolute Gasteiger partial charge is 0.495 e. The average Bonchev–Trinajstić information content (AvgIpc) is 3.42. The van der Waals surface area contributed by atoms with Crippen LogP contribution in [-0.2, 0) is 4.79 Å². The van der Waals surface area contributed by atoms with Crippen molar-refractivity contribution in [1.82, 2.24) is 19.5 Å². The smallest absolute Gasteiger partial charge is 0.234 e. The van der Waals surface area contributed by atoms with Gasteiger partial charge in [-0.05, 0) is 48.9 Å². The molecular weight excluding hydrogens is 434 g/mol. The first kappa shape index (κ1) is 21.0. The molecule has 0 saturated heterocycles. The Labute approximate surface area is 189 Å². The predicted octanol–water partition coefficient (Wildman–Crippen LogP) is 4.76. The van der Waals surface area contributed by atoms with Gasteiger partial charge in [0.2, 0.25) is 11.1 Å². The van der Waals surface area contributed by atoms with Gasteiger partial charge in [0, 0.05) is 18.0 Å². The Morgan fingerprint density at radius 3 is 2.65 bits per heavy atom. The molecule has 0 aliphatic rings. The van der Waals surface area contributed by atoms with E-state index in [-0.39, 0.29) is 11.7 Å². The fourth-order valence-electron chi connectivity index (χ4n) is 3.07. The molecule has 0 aliphatic heterocycles. The first-order valence-corrected chi connectivity index (χ1v) is 10.8. The lowest BCUT2D eigenvalue weighted by molar-refractivity contribution is -0.113. The Morgan fingerprint density at radius 1 is 1.13 bits per heavy atom. The molecule has 4 rings (SSSR count). The van der Waals surface area contributed by atoms with Crippen molar-refractivity contribution in [2.75, 3.05) is 18.2 Å². The zero-order chi connectivity index (χ0) is 21.8. The molecular formula is C22H20ClN5O2S. The van der Waals surface area contributed by atoms with E-state index in [0.717, 1.165) is 11.1 Å². The highest BCUT2D eigenvalue weighted by Crippen LogP contribution is 2.30. The Morgan fingerprint density at radius 2 is 1.90 bits per heavy atom. The summed E-state index contributed by atoms with van der Waals surface area (Å²) in [5.41, 5.74) is 2.42. The molecule has 0 unspecified atom stereocenters. The molecule has 158 valence electrons. The van der Waals surface area contributed by atoms with Crippen molar-refractivity contribution in [3.63, 3.8) is 0 Å². The summed E-state index contributed by atoms with van der Waals surface area (Å²) < 4.78 is 9.01. The number of amides is 1. The number of aromatic nitrogens is 4. The second-order valence-electron chi connectivity index (χ2n) is 6.70. The quantitative estimate of drug-likeness (QED) is 0.408.